The van der Waals surface area contributed by atoms with Crippen LogP contribution in [0.4, 0.5) is 10.1 Å². The van der Waals surface area contributed by atoms with Crippen LogP contribution < -0.4 is 4.90 Å². The van der Waals surface area contributed by atoms with Gasteiger partial charge in [0.1, 0.15) is 11.9 Å². The minimum absolute atomic E-state index is 0.0301. The van der Waals surface area contributed by atoms with Gasteiger partial charge in [0.2, 0.25) is 0 Å². The molecular weight excluding hydrogens is 249 g/mol. The van der Waals surface area contributed by atoms with Gasteiger partial charge >= 0.3 is 5.97 Å². The Kier molecular flexibility index (Phi) is 3.97. The summed E-state index contributed by atoms with van der Waals surface area (Å²) in [6.07, 6.45) is 0. The molecule has 0 bridgehead atoms. The number of benzene rings is 1. The maximum Gasteiger partial charge on any atom is 0.317 e. The monoisotopic (exact) mass is 263 g/mol. The maximum atomic E-state index is 13.1. The normalized spacial score (nSPS) is 16.1. The molecule has 2 rings (SSSR count). The summed E-state index contributed by atoms with van der Waals surface area (Å²) in [4.78, 5) is 14.4. The molecule has 19 heavy (non-hydrogen) atoms. The third-order valence-corrected chi connectivity index (χ3v) is 3.15. The number of aliphatic carboxylic acids is 1. The fraction of sp³-hybridized carbons (Fsp3) is 0.385. The van der Waals surface area contributed by atoms with Crippen molar-refractivity contribution in [2.45, 2.75) is 0 Å². The van der Waals surface area contributed by atoms with E-state index in [1.165, 1.54) is 12.1 Å². The zero-order valence-corrected chi connectivity index (χ0v) is 10.3. The van der Waals surface area contributed by atoms with Crippen LogP contribution in [-0.2, 0) is 4.79 Å². The van der Waals surface area contributed by atoms with Crippen molar-refractivity contribution in [2.75, 3.05) is 37.6 Å². The van der Waals surface area contributed by atoms with Crippen molar-refractivity contribution in [3.63, 3.8) is 0 Å². The Balaban J connectivity index is 2.06. The molecule has 0 spiro atoms. The number of nitriles is 1. The average molecular weight is 263 g/mol. The van der Waals surface area contributed by atoms with E-state index in [9.17, 15) is 9.18 Å². The highest BCUT2D eigenvalue weighted by Crippen LogP contribution is 2.22. The van der Waals surface area contributed by atoms with Gasteiger partial charge in [0.15, 0.2) is 0 Å². The predicted octanol–water partition coefficient (Wildman–Crippen LogP) is 0.904. The van der Waals surface area contributed by atoms with Crippen LogP contribution >= 0.6 is 0 Å². The SMILES string of the molecule is N#Cc1cc(F)ccc1N1CCN(CC(=O)O)CC1. The lowest BCUT2D eigenvalue weighted by Gasteiger charge is -2.35. The second kappa shape index (κ2) is 5.67. The number of piperazine rings is 1. The summed E-state index contributed by atoms with van der Waals surface area (Å²) in [5, 5.41) is 17.7. The molecule has 0 aromatic heterocycles. The lowest BCUT2D eigenvalue weighted by Crippen LogP contribution is -2.48. The Labute approximate surface area is 110 Å². The molecule has 0 unspecified atom stereocenters. The molecule has 0 atom stereocenters. The third-order valence-electron chi connectivity index (χ3n) is 3.15. The molecule has 1 N–H and O–H groups in total. The zero-order valence-electron chi connectivity index (χ0n) is 10.3. The van der Waals surface area contributed by atoms with Crippen LogP contribution in [0.2, 0.25) is 0 Å². The molecule has 5 nitrogen and oxygen atoms in total. The number of carbonyl (C=O) groups is 1. The summed E-state index contributed by atoms with van der Waals surface area (Å²) in [6.45, 7) is 2.53. The number of rotatable bonds is 3. The van der Waals surface area contributed by atoms with Gasteiger partial charge in [-0.3, -0.25) is 9.69 Å². The zero-order chi connectivity index (χ0) is 13.8. The molecule has 0 saturated carbocycles. The largest absolute Gasteiger partial charge is 0.480 e. The number of nitrogens with zero attached hydrogens (tertiary/aromatic N) is 3. The molecule has 100 valence electrons. The van der Waals surface area contributed by atoms with Crippen LogP contribution in [0, 0.1) is 17.1 Å². The topological polar surface area (TPSA) is 67.6 Å². The molecule has 0 radical (unpaired) electrons. The third kappa shape index (κ3) is 3.20. The molecular formula is C13H14FN3O2. The predicted molar refractivity (Wildman–Crippen MR) is 67.4 cm³/mol. The summed E-state index contributed by atoms with van der Waals surface area (Å²) >= 11 is 0. The second-order valence-electron chi connectivity index (χ2n) is 4.43. The lowest BCUT2D eigenvalue weighted by atomic mass is 10.1. The highest BCUT2D eigenvalue weighted by atomic mass is 19.1. The molecule has 0 amide bonds. The minimum atomic E-state index is -0.840. The van der Waals surface area contributed by atoms with E-state index < -0.39 is 11.8 Å². The summed E-state index contributed by atoms with van der Waals surface area (Å²) in [5.74, 6) is -1.27. The molecule has 1 fully saturated rings. The highest BCUT2D eigenvalue weighted by molar-refractivity contribution is 5.69. The van der Waals surface area contributed by atoms with Crippen molar-refractivity contribution in [3.8, 4) is 6.07 Å². The van der Waals surface area contributed by atoms with Gasteiger partial charge < -0.3 is 10.0 Å². The Morgan fingerprint density at radius 2 is 2.05 bits per heavy atom. The number of hydrogen-bond acceptors (Lipinski definition) is 4. The van der Waals surface area contributed by atoms with Gasteiger partial charge in [-0.05, 0) is 18.2 Å². The number of anilines is 1. The molecule has 0 aliphatic carbocycles. The van der Waals surface area contributed by atoms with E-state index in [-0.39, 0.29) is 6.54 Å². The fourth-order valence-corrected chi connectivity index (χ4v) is 2.21. The summed E-state index contributed by atoms with van der Waals surface area (Å²) in [7, 11) is 0. The lowest BCUT2D eigenvalue weighted by molar-refractivity contribution is -0.138. The van der Waals surface area contributed by atoms with Gasteiger partial charge in [-0.25, -0.2) is 4.39 Å². The van der Waals surface area contributed by atoms with Crippen molar-refractivity contribution < 1.29 is 14.3 Å². The molecule has 1 heterocycles. The first-order chi connectivity index (χ1) is 9.10. The van der Waals surface area contributed by atoms with Crippen molar-refractivity contribution >= 4 is 11.7 Å². The van der Waals surface area contributed by atoms with Gasteiger partial charge in [-0.2, -0.15) is 5.26 Å². The number of halogens is 1. The fourth-order valence-electron chi connectivity index (χ4n) is 2.21. The number of carboxylic acid groups (broad SMARTS) is 1. The van der Waals surface area contributed by atoms with Crippen LogP contribution in [0.5, 0.6) is 0 Å². The Bertz CT molecular complexity index is 519. The van der Waals surface area contributed by atoms with E-state index in [1.54, 1.807) is 6.07 Å². The number of carboxylic acids is 1. The average Bonchev–Trinajstić information content (AvgIpc) is 2.39. The maximum absolute atomic E-state index is 13.1. The van der Waals surface area contributed by atoms with Crippen LogP contribution in [0.15, 0.2) is 18.2 Å². The first-order valence-corrected chi connectivity index (χ1v) is 5.99. The Morgan fingerprint density at radius 1 is 1.37 bits per heavy atom. The van der Waals surface area contributed by atoms with Crippen molar-refractivity contribution in [1.29, 1.82) is 5.26 Å². The van der Waals surface area contributed by atoms with E-state index in [0.717, 1.165) is 0 Å². The second-order valence-corrected chi connectivity index (χ2v) is 4.43. The van der Waals surface area contributed by atoms with Crippen LogP contribution in [0.25, 0.3) is 0 Å². The Morgan fingerprint density at radius 3 is 2.63 bits per heavy atom. The van der Waals surface area contributed by atoms with Gasteiger partial charge in [0, 0.05) is 26.2 Å². The van der Waals surface area contributed by atoms with Crippen molar-refractivity contribution in [3.05, 3.63) is 29.6 Å². The summed E-state index contributed by atoms with van der Waals surface area (Å²) < 4.78 is 13.1. The van der Waals surface area contributed by atoms with E-state index in [1.807, 2.05) is 15.9 Å². The van der Waals surface area contributed by atoms with E-state index in [2.05, 4.69) is 0 Å². The molecule has 1 saturated heterocycles. The smallest absolute Gasteiger partial charge is 0.317 e. The molecule has 1 aromatic rings. The van der Waals surface area contributed by atoms with Crippen LogP contribution in [0.3, 0.4) is 0 Å². The van der Waals surface area contributed by atoms with Gasteiger partial charge in [-0.15, -0.1) is 0 Å². The molecule has 1 aromatic carbocycles. The van der Waals surface area contributed by atoms with E-state index in [4.69, 9.17) is 10.4 Å². The summed E-state index contributed by atoms with van der Waals surface area (Å²) in [6, 6.07) is 6.14. The van der Waals surface area contributed by atoms with Gasteiger partial charge in [0.25, 0.3) is 0 Å². The quantitative estimate of drug-likeness (QED) is 0.877. The summed E-state index contributed by atoms with van der Waals surface area (Å²) in [5.41, 5.74) is 1.02. The van der Waals surface area contributed by atoms with Crippen LogP contribution in [0.1, 0.15) is 5.56 Å². The first-order valence-electron chi connectivity index (χ1n) is 5.99. The Hall–Kier alpha value is -2.13. The van der Waals surface area contributed by atoms with Crippen LogP contribution in [-0.4, -0.2) is 48.7 Å². The van der Waals surface area contributed by atoms with Gasteiger partial charge in [0.05, 0.1) is 17.8 Å². The van der Waals surface area contributed by atoms with E-state index >= 15 is 0 Å². The highest BCUT2D eigenvalue weighted by Gasteiger charge is 2.20. The molecule has 1 aliphatic heterocycles. The molecule has 1 aliphatic rings. The minimum Gasteiger partial charge on any atom is -0.480 e. The van der Waals surface area contributed by atoms with Crippen molar-refractivity contribution in [1.82, 2.24) is 4.90 Å². The molecule has 6 heteroatoms. The van der Waals surface area contributed by atoms with Gasteiger partial charge in [-0.1, -0.05) is 0 Å². The first kappa shape index (κ1) is 13.3. The van der Waals surface area contributed by atoms with Crippen molar-refractivity contribution in [2.24, 2.45) is 0 Å². The number of hydrogen-bond donors (Lipinski definition) is 1. The van der Waals surface area contributed by atoms with E-state index in [0.29, 0.717) is 37.4 Å². The standard InChI is InChI=1S/C13H14FN3O2/c14-11-1-2-12(10(7-11)8-15)17-5-3-16(4-6-17)9-13(18)19/h1-2,7H,3-6,9H2,(H,18,19).